The Morgan fingerprint density at radius 1 is 0.929 bits per heavy atom. The number of hydrogen-bond donors (Lipinski definition) is 1. The van der Waals surface area contributed by atoms with Crippen molar-refractivity contribution in [2.75, 3.05) is 4.72 Å². The third-order valence-electron chi connectivity index (χ3n) is 3.88. The van der Waals surface area contributed by atoms with Crippen molar-refractivity contribution in [3.8, 4) is 6.07 Å². The van der Waals surface area contributed by atoms with Crippen LogP contribution in [0.1, 0.15) is 21.5 Å². The molecule has 3 aromatic rings. The van der Waals surface area contributed by atoms with Crippen molar-refractivity contribution in [1.29, 1.82) is 5.26 Å². The van der Waals surface area contributed by atoms with E-state index in [0.29, 0.717) is 5.56 Å². The second-order valence-corrected chi connectivity index (χ2v) is 8.27. The molecular formula is C20H12Cl2N2O3S. The van der Waals surface area contributed by atoms with Gasteiger partial charge in [0, 0.05) is 16.1 Å². The second-order valence-electron chi connectivity index (χ2n) is 5.74. The minimum atomic E-state index is -3.99. The minimum absolute atomic E-state index is 0.0439. The predicted octanol–water partition coefficient (Wildman–Crippen LogP) is 4.90. The number of ketones is 1. The van der Waals surface area contributed by atoms with E-state index in [1.165, 1.54) is 42.5 Å². The van der Waals surface area contributed by atoms with Crippen LogP contribution in [0, 0.1) is 11.3 Å². The van der Waals surface area contributed by atoms with E-state index in [1.807, 2.05) is 6.07 Å². The van der Waals surface area contributed by atoms with Crippen molar-refractivity contribution in [3.63, 3.8) is 0 Å². The van der Waals surface area contributed by atoms with Crippen molar-refractivity contribution >= 4 is 44.7 Å². The van der Waals surface area contributed by atoms with Gasteiger partial charge in [0.2, 0.25) is 0 Å². The number of benzene rings is 3. The van der Waals surface area contributed by atoms with Crippen LogP contribution in [0.4, 0.5) is 5.69 Å². The zero-order valence-corrected chi connectivity index (χ0v) is 16.5. The summed E-state index contributed by atoms with van der Waals surface area (Å²) < 4.78 is 27.8. The molecule has 0 saturated carbocycles. The fourth-order valence-corrected chi connectivity index (χ4v) is 3.97. The maximum absolute atomic E-state index is 12.9. The molecule has 0 atom stereocenters. The summed E-state index contributed by atoms with van der Waals surface area (Å²) in [7, 11) is -3.99. The summed E-state index contributed by atoms with van der Waals surface area (Å²) in [5.41, 5.74) is 0.696. The first-order valence-electron chi connectivity index (χ1n) is 7.93. The Morgan fingerprint density at radius 3 is 2.25 bits per heavy atom. The smallest absolute Gasteiger partial charge is 0.261 e. The van der Waals surface area contributed by atoms with Crippen molar-refractivity contribution in [3.05, 3.63) is 93.5 Å². The van der Waals surface area contributed by atoms with Gasteiger partial charge in [-0.3, -0.25) is 9.52 Å². The molecule has 0 fully saturated rings. The predicted molar refractivity (Wildman–Crippen MR) is 108 cm³/mol. The summed E-state index contributed by atoms with van der Waals surface area (Å²) in [6.07, 6.45) is 0. The number of carbonyl (C=O) groups is 1. The van der Waals surface area contributed by atoms with E-state index in [-0.39, 0.29) is 31.8 Å². The van der Waals surface area contributed by atoms with Gasteiger partial charge in [-0.15, -0.1) is 0 Å². The van der Waals surface area contributed by atoms with Crippen LogP contribution in [-0.4, -0.2) is 14.2 Å². The van der Waals surface area contributed by atoms with Gasteiger partial charge < -0.3 is 0 Å². The van der Waals surface area contributed by atoms with Gasteiger partial charge in [-0.1, -0.05) is 35.3 Å². The molecule has 0 aromatic heterocycles. The summed E-state index contributed by atoms with van der Waals surface area (Å²) in [4.78, 5) is 12.9. The number of sulfonamides is 1. The highest BCUT2D eigenvalue weighted by atomic mass is 35.5. The maximum atomic E-state index is 12.9. The Hall–Kier alpha value is -2.85. The number of nitrogens with zero attached hydrogens (tertiary/aromatic N) is 1. The quantitative estimate of drug-likeness (QED) is 0.583. The van der Waals surface area contributed by atoms with Crippen molar-refractivity contribution in [1.82, 2.24) is 0 Å². The summed E-state index contributed by atoms with van der Waals surface area (Å²) >= 11 is 12.1. The third kappa shape index (κ3) is 4.18. The normalized spacial score (nSPS) is 10.9. The third-order valence-corrected chi connectivity index (χ3v) is 5.83. The zero-order valence-electron chi connectivity index (χ0n) is 14.2. The summed E-state index contributed by atoms with van der Waals surface area (Å²) in [5, 5.41) is 9.36. The highest BCUT2D eigenvalue weighted by Crippen LogP contribution is 2.28. The second kappa shape index (κ2) is 8.03. The Labute approximate surface area is 172 Å². The first-order valence-corrected chi connectivity index (χ1v) is 10.2. The average molecular weight is 431 g/mol. The molecule has 0 heterocycles. The summed E-state index contributed by atoms with van der Waals surface area (Å²) in [6.45, 7) is 0. The lowest BCUT2D eigenvalue weighted by atomic mass is 10.0. The molecule has 0 amide bonds. The standard InChI is InChI=1S/C20H12Cl2N2O3S/c21-14-7-10-19(17(11-14)20(25)16-3-1-2-4-18(16)22)24-28(26,27)15-8-5-13(12-23)6-9-15/h1-11,24H. The van der Waals surface area contributed by atoms with Gasteiger partial charge in [-0.05, 0) is 54.6 Å². The molecule has 0 spiro atoms. The van der Waals surface area contributed by atoms with Gasteiger partial charge in [0.25, 0.3) is 10.0 Å². The molecule has 3 rings (SSSR count). The molecule has 0 unspecified atom stereocenters. The van der Waals surface area contributed by atoms with Crippen LogP contribution in [0.5, 0.6) is 0 Å². The van der Waals surface area contributed by atoms with Crippen LogP contribution in [0.15, 0.2) is 71.6 Å². The van der Waals surface area contributed by atoms with Gasteiger partial charge in [0.15, 0.2) is 5.78 Å². The molecule has 5 nitrogen and oxygen atoms in total. The van der Waals surface area contributed by atoms with Crippen LogP contribution >= 0.6 is 23.2 Å². The fraction of sp³-hybridized carbons (Fsp3) is 0. The number of halogens is 2. The van der Waals surface area contributed by atoms with Crippen LogP contribution in [0.2, 0.25) is 10.0 Å². The molecule has 0 aliphatic rings. The molecule has 0 saturated heterocycles. The lowest BCUT2D eigenvalue weighted by molar-refractivity contribution is 0.103. The Bertz CT molecular complexity index is 1200. The van der Waals surface area contributed by atoms with E-state index in [2.05, 4.69) is 4.72 Å². The van der Waals surface area contributed by atoms with Gasteiger partial charge in [-0.25, -0.2) is 8.42 Å². The monoisotopic (exact) mass is 430 g/mol. The molecule has 0 bridgehead atoms. The number of hydrogen-bond acceptors (Lipinski definition) is 4. The van der Waals surface area contributed by atoms with Gasteiger partial charge in [0.05, 0.1) is 27.2 Å². The molecule has 0 aliphatic carbocycles. The summed E-state index contributed by atoms with van der Waals surface area (Å²) in [5.74, 6) is -0.467. The SMILES string of the molecule is N#Cc1ccc(S(=O)(=O)Nc2ccc(Cl)cc2C(=O)c2ccccc2Cl)cc1. The Kier molecular flexibility index (Phi) is 5.71. The molecule has 8 heteroatoms. The molecule has 1 N–H and O–H groups in total. The zero-order chi connectivity index (χ0) is 20.3. The minimum Gasteiger partial charge on any atom is -0.288 e. The van der Waals surface area contributed by atoms with Gasteiger partial charge >= 0.3 is 0 Å². The Morgan fingerprint density at radius 2 is 1.61 bits per heavy atom. The van der Waals surface area contributed by atoms with E-state index in [0.717, 1.165) is 0 Å². The number of nitriles is 1. The molecule has 0 aliphatic heterocycles. The van der Waals surface area contributed by atoms with Crippen molar-refractivity contribution < 1.29 is 13.2 Å². The van der Waals surface area contributed by atoms with E-state index in [9.17, 15) is 13.2 Å². The maximum Gasteiger partial charge on any atom is 0.261 e. The number of carbonyl (C=O) groups excluding carboxylic acids is 1. The first kappa shape index (κ1) is 19.9. The van der Waals surface area contributed by atoms with Crippen LogP contribution < -0.4 is 4.72 Å². The largest absolute Gasteiger partial charge is 0.288 e. The topological polar surface area (TPSA) is 87.0 Å². The first-order chi connectivity index (χ1) is 13.3. The average Bonchev–Trinajstić information content (AvgIpc) is 2.69. The van der Waals surface area contributed by atoms with E-state index in [4.69, 9.17) is 28.5 Å². The molecular weight excluding hydrogens is 419 g/mol. The molecule has 28 heavy (non-hydrogen) atoms. The number of rotatable bonds is 5. The van der Waals surface area contributed by atoms with Crippen LogP contribution in [-0.2, 0) is 10.0 Å². The summed E-state index contributed by atoms with van der Waals surface area (Å²) in [6, 6.07) is 18.1. The van der Waals surface area contributed by atoms with Crippen molar-refractivity contribution in [2.45, 2.75) is 4.90 Å². The fourth-order valence-electron chi connectivity index (χ4n) is 2.50. The lowest BCUT2D eigenvalue weighted by Gasteiger charge is -2.13. The number of nitrogens with one attached hydrogen (secondary N) is 1. The van der Waals surface area contributed by atoms with Crippen LogP contribution in [0.3, 0.4) is 0 Å². The number of anilines is 1. The van der Waals surface area contributed by atoms with E-state index >= 15 is 0 Å². The highest BCUT2D eigenvalue weighted by Gasteiger charge is 2.21. The van der Waals surface area contributed by atoms with Crippen molar-refractivity contribution in [2.24, 2.45) is 0 Å². The molecule has 3 aromatic carbocycles. The van der Waals surface area contributed by atoms with Gasteiger partial charge in [0.1, 0.15) is 0 Å². The highest BCUT2D eigenvalue weighted by molar-refractivity contribution is 7.92. The van der Waals surface area contributed by atoms with E-state index in [1.54, 1.807) is 24.3 Å². The van der Waals surface area contributed by atoms with Gasteiger partial charge in [-0.2, -0.15) is 5.26 Å². The lowest BCUT2D eigenvalue weighted by Crippen LogP contribution is -2.16. The Balaban J connectivity index is 2.02. The molecule has 0 radical (unpaired) electrons. The van der Waals surface area contributed by atoms with Crippen LogP contribution in [0.25, 0.3) is 0 Å². The molecule has 140 valence electrons. The van der Waals surface area contributed by atoms with E-state index < -0.39 is 15.8 Å².